The van der Waals surface area contributed by atoms with Crippen molar-refractivity contribution in [3.63, 3.8) is 0 Å². The van der Waals surface area contributed by atoms with Crippen LogP contribution in [0.5, 0.6) is 11.5 Å². The molecule has 0 saturated carbocycles. The first kappa shape index (κ1) is 14.6. The number of phenols is 1. The monoisotopic (exact) mass is 358 g/mol. The largest absolute Gasteiger partial charge is 0.508 e. The van der Waals surface area contributed by atoms with Gasteiger partial charge in [0, 0.05) is 15.7 Å². The first-order valence-corrected chi connectivity index (χ1v) is 7.80. The van der Waals surface area contributed by atoms with Gasteiger partial charge in [0.1, 0.15) is 11.5 Å². The standard InChI is InChI=1S/C14H12BrClO2S/c15-13-8-10(16)4-5-14(13)18-6-7-19-12-3-1-2-11(17)9-12/h1-5,8-9,17H,6-7H2. The Labute approximate surface area is 129 Å². The Kier molecular flexibility index (Phi) is 5.43. The normalized spacial score (nSPS) is 10.4. The average Bonchev–Trinajstić information content (AvgIpc) is 2.37. The Morgan fingerprint density at radius 3 is 2.79 bits per heavy atom. The van der Waals surface area contributed by atoms with Crippen molar-refractivity contribution in [2.24, 2.45) is 0 Å². The van der Waals surface area contributed by atoms with E-state index in [0.29, 0.717) is 11.6 Å². The molecule has 0 spiro atoms. The molecule has 0 bridgehead atoms. The summed E-state index contributed by atoms with van der Waals surface area (Å²) in [6.07, 6.45) is 0. The number of hydrogen-bond donors (Lipinski definition) is 1. The molecule has 2 nitrogen and oxygen atoms in total. The summed E-state index contributed by atoms with van der Waals surface area (Å²) in [5, 5.41) is 10.0. The molecule has 5 heteroatoms. The van der Waals surface area contributed by atoms with Crippen LogP contribution in [0.3, 0.4) is 0 Å². The lowest BCUT2D eigenvalue weighted by atomic mass is 10.3. The van der Waals surface area contributed by atoms with Crippen molar-refractivity contribution in [3.8, 4) is 11.5 Å². The molecular formula is C14H12BrClO2S. The highest BCUT2D eigenvalue weighted by molar-refractivity contribution is 9.10. The zero-order valence-electron chi connectivity index (χ0n) is 9.98. The molecule has 0 fully saturated rings. The van der Waals surface area contributed by atoms with Crippen molar-refractivity contribution < 1.29 is 9.84 Å². The highest BCUT2D eigenvalue weighted by Crippen LogP contribution is 2.28. The van der Waals surface area contributed by atoms with Crippen LogP contribution < -0.4 is 4.74 Å². The van der Waals surface area contributed by atoms with E-state index in [1.807, 2.05) is 18.2 Å². The summed E-state index contributed by atoms with van der Waals surface area (Å²) in [5.74, 6) is 1.87. The van der Waals surface area contributed by atoms with Gasteiger partial charge in [-0.3, -0.25) is 0 Å². The van der Waals surface area contributed by atoms with E-state index in [-0.39, 0.29) is 5.75 Å². The van der Waals surface area contributed by atoms with Gasteiger partial charge in [0.05, 0.1) is 11.1 Å². The lowest BCUT2D eigenvalue weighted by Crippen LogP contribution is -2.00. The molecule has 0 aromatic heterocycles. The highest BCUT2D eigenvalue weighted by Gasteiger charge is 2.02. The van der Waals surface area contributed by atoms with Crippen LogP contribution in [0.4, 0.5) is 0 Å². The van der Waals surface area contributed by atoms with Crippen LogP contribution in [0.25, 0.3) is 0 Å². The van der Waals surface area contributed by atoms with Crippen molar-refractivity contribution in [1.29, 1.82) is 0 Å². The van der Waals surface area contributed by atoms with E-state index < -0.39 is 0 Å². The molecule has 19 heavy (non-hydrogen) atoms. The summed E-state index contributed by atoms with van der Waals surface area (Å²) < 4.78 is 6.50. The van der Waals surface area contributed by atoms with Crippen LogP contribution in [0.15, 0.2) is 51.8 Å². The topological polar surface area (TPSA) is 29.5 Å². The Morgan fingerprint density at radius 1 is 1.21 bits per heavy atom. The second kappa shape index (κ2) is 7.08. The third-order valence-electron chi connectivity index (χ3n) is 2.32. The number of thioether (sulfide) groups is 1. The number of rotatable bonds is 5. The third kappa shape index (κ3) is 4.64. The molecule has 0 aliphatic carbocycles. The molecule has 2 aromatic carbocycles. The molecule has 2 rings (SSSR count). The zero-order valence-corrected chi connectivity index (χ0v) is 13.1. The summed E-state index contributed by atoms with van der Waals surface area (Å²) in [6, 6.07) is 12.6. The van der Waals surface area contributed by atoms with Crippen molar-refractivity contribution in [2.75, 3.05) is 12.4 Å². The molecule has 0 aliphatic rings. The maximum Gasteiger partial charge on any atom is 0.133 e. The van der Waals surface area contributed by atoms with Crippen molar-refractivity contribution in [3.05, 3.63) is 52.0 Å². The molecule has 0 unspecified atom stereocenters. The van der Waals surface area contributed by atoms with E-state index >= 15 is 0 Å². The number of benzene rings is 2. The minimum Gasteiger partial charge on any atom is -0.508 e. The predicted molar refractivity (Wildman–Crippen MR) is 83.5 cm³/mol. The molecule has 0 amide bonds. The molecule has 0 aliphatic heterocycles. The molecule has 0 saturated heterocycles. The first-order chi connectivity index (χ1) is 9.15. The molecule has 0 heterocycles. The SMILES string of the molecule is Oc1cccc(SCCOc2ccc(Cl)cc2Br)c1. The highest BCUT2D eigenvalue weighted by atomic mass is 79.9. The number of aromatic hydroxyl groups is 1. The lowest BCUT2D eigenvalue weighted by Gasteiger charge is -2.08. The van der Waals surface area contributed by atoms with Crippen LogP contribution in [0, 0.1) is 0 Å². The van der Waals surface area contributed by atoms with E-state index in [2.05, 4.69) is 15.9 Å². The van der Waals surface area contributed by atoms with E-state index in [0.717, 1.165) is 20.9 Å². The Morgan fingerprint density at radius 2 is 2.05 bits per heavy atom. The van der Waals surface area contributed by atoms with Gasteiger partial charge in [-0.2, -0.15) is 0 Å². The fraction of sp³-hybridized carbons (Fsp3) is 0.143. The fourth-order valence-electron chi connectivity index (χ4n) is 1.48. The van der Waals surface area contributed by atoms with Gasteiger partial charge in [0.2, 0.25) is 0 Å². The summed E-state index contributed by atoms with van der Waals surface area (Å²) >= 11 is 10.9. The average molecular weight is 360 g/mol. The Bertz CT molecular complexity index is 563. The zero-order chi connectivity index (χ0) is 13.7. The van der Waals surface area contributed by atoms with Crippen LogP contribution in [-0.4, -0.2) is 17.5 Å². The smallest absolute Gasteiger partial charge is 0.133 e. The minimum absolute atomic E-state index is 0.284. The van der Waals surface area contributed by atoms with E-state index in [9.17, 15) is 5.11 Å². The van der Waals surface area contributed by atoms with E-state index in [4.69, 9.17) is 16.3 Å². The van der Waals surface area contributed by atoms with Gasteiger partial charge in [-0.15, -0.1) is 11.8 Å². The van der Waals surface area contributed by atoms with Gasteiger partial charge in [0.15, 0.2) is 0 Å². The van der Waals surface area contributed by atoms with Gasteiger partial charge < -0.3 is 9.84 Å². The van der Waals surface area contributed by atoms with E-state index in [1.165, 1.54) is 0 Å². The van der Waals surface area contributed by atoms with Gasteiger partial charge in [-0.05, 0) is 52.3 Å². The summed E-state index contributed by atoms with van der Waals surface area (Å²) in [7, 11) is 0. The molecule has 0 atom stereocenters. The fourth-order valence-corrected chi connectivity index (χ4v) is 3.06. The molecule has 2 aromatic rings. The predicted octanol–water partition coefficient (Wildman–Crippen LogP) is 4.98. The van der Waals surface area contributed by atoms with Crippen LogP contribution in [0.2, 0.25) is 5.02 Å². The van der Waals surface area contributed by atoms with Gasteiger partial charge in [0.25, 0.3) is 0 Å². The Balaban J connectivity index is 1.81. The maximum absolute atomic E-state index is 9.35. The summed E-state index contributed by atoms with van der Waals surface area (Å²) in [6.45, 7) is 0.584. The number of hydrogen-bond acceptors (Lipinski definition) is 3. The molecular weight excluding hydrogens is 348 g/mol. The third-order valence-corrected chi connectivity index (χ3v) is 4.13. The summed E-state index contributed by atoms with van der Waals surface area (Å²) in [5.41, 5.74) is 0. The quantitative estimate of drug-likeness (QED) is 0.603. The Hall–Kier alpha value is -0.840. The molecule has 1 N–H and O–H groups in total. The second-order valence-corrected chi connectivity index (χ2v) is 6.23. The van der Waals surface area contributed by atoms with Crippen molar-refractivity contribution in [1.82, 2.24) is 0 Å². The van der Waals surface area contributed by atoms with Crippen molar-refractivity contribution in [2.45, 2.75) is 4.90 Å². The molecule has 100 valence electrons. The maximum atomic E-state index is 9.35. The van der Waals surface area contributed by atoms with Crippen LogP contribution in [0.1, 0.15) is 0 Å². The first-order valence-electron chi connectivity index (χ1n) is 5.65. The van der Waals surface area contributed by atoms with Gasteiger partial charge in [-0.25, -0.2) is 0 Å². The van der Waals surface area contributed by atoms with Crippen LogP contribution >= 0.6 is 39.3 Å². The number of phenolic OH excluding ortho intramolecular Hbond substituents is 1. The second-order valence-electron chi connectivity index (χ2n) is 3.77. The lowest BCUT2D eigenvalue weighted by molar-refractivity contribution is 0.342. The van der Waals surface area contributed by atoms with Gasteiger partial charge >= 0.3 is 0 Å². The van der Waals surface area contributed by atoms with Crippen LogP contribution in [-0.2, 0) is 0 Å². The molecule has 0 radical (unpaired) electrons. The minimum atomic E-state index is 0.284. The van der Waals surface area contributed by atoms with Gasteiger partial charge in [-0.1, -0.05) is 17.7 Å². The van der Waals surface area contributed by atoms with Crippen molar-refractivity contribution >= 4 is 39.3 Å². The number of ether oxygens (including phenoxy) is 1. The number of halogens is 2. The van der Waals surface area contributed by atoms with E-state index in [1.54, 1.807) is 36.0 Å². The summed E-state index contributed by atoms with van der Waals surface area (Å²) in [4.78, 5) is 1.03.